The van der Waals surface area contributed by atoms with E-state index < -0.39 is 0 Å². The van der Waals surface area contributed by atoms with Crippen LogP contribution in [0.3, 0.4) is 0 Å². The van der Waals surface area contributed by atoms with Gasteiger partial charge in [-0.15, -0.1) is 0 Å². The first kappa shape index (κ1) is 14.4. The minimum absolute atomic E-state index is 1.14. The van der Waals surface area contributed by atoms with Gasteiger partial charge in [0, 0.05) is 12.4 Å². The first-order valence-electron chi connectivity index (χ1n) is 5.82. The van der Waals surface area contributed by atoms with Gasteiger partial charge in [0.2, 0.25) is 0 Å². The molecule has 0 aliphatic heterocycles. The van der Waals surface area contributed by atoms with Crippen molar-refractivity contribution in [2.24, 2.45) is 0 Å². The number of hydrogen-bond donors (Lipinski definition) is 0. The van der Waals surface area contributed by atoms with Crippen molar-refractivity contribution in [1.29, 1.82) is 0 Å². The predicted octanol–water partition coefficient (Wildman–Crippen LogP) is 4.36. The van der Waals surface area contributed by atoms with Crippen molar-refractivity contribution in [2.75, 3.05) is 0 Å². The Bertz CT molecular complexity index is 289. The van der Waals surface area contributed by atoms with Gasteiger partial charge in [0.05, 0.1) is 0 Å². The van der Waals surface area contributed by atoms with Gasteiger partial charge in [0.15, 0.2) is 0 Å². The maximum Gasteiger partial charge on any atom is 0.0267 e. The van der Waals surface area contributed by atoms with Gasteiger partial charge in [-0.25, -0.2) is 0 Å². The maximum atomic E-state index is 3.78. The Morgan fingerprint density at radius 1 is 0.812 bits per heavy atom. The SMILES string of the molecule is CC.CCc1ccccc1.c1ccncc1. The summed E-state index contributed by atoms with van der Waals surface area (Å²) >= 11 is 0. The number of nitrogens with zero attached hydrogens (tertiary/aromatic N) is 1. The van der Waals surface area contributed by atoms with Crippen molar-refractivity contribution in [3.63, 3.8) is 0 Å². The van der Waals surface area contributed by atoms with E-state index in [1.54, 1.807) is 12.4 Å². The molecule has 86 valence electrons. The Morgan fingerprint density at radius 2 is 1.31 bits per heavy atom. The topological polar surface area (TPSA) is 12.9 Å². The molecular weight excluding hydrogens is 194 g/mol. The molecule has 0 spiro atoms. The van der Waals surface area contributed by atoms with E-state index in [1.165, 1.54) is 5.56 Å². The fourth-order valence-electron chi connectivity index (χ4n) is 1.03. The second-order valence-electron chi connectivity index (χ2n) is 2.86. The molecule has 1 aromatic carbocycles. The molecule has 0 unspecified atom stereocenters. The molecule has 16 heavy (non-hydrogen) atoms. The smallest absolute Gasteiger partial charge is 0.0267 e. The Morgan fingerprint density at radius 3 is 1.56 bits per heavy atom. The van der Waals surface area contributed by atoms with Crippen LogP contribution in [0.15, 0.2) is 60.9 Å². The summed E-state index contributed by atoms with van der Waals surface area (Å²) in [6, 6.07) is 16.2. The van der Waals surface area contributed by atoms with Gasteiger partial charge in [-0.3, -0.25) is 4.98 Å². The third kappa shape index (κ3) is 7.74. The molecule has 0 saturated carbocycles. The molecule has 0 bridgehead atoms. The van der Waals surface area contributed by atoms with Crippen LogP contribution in [0.1, 0.15) is 26.3 Å². The van der Waals surface area contributed by atoms with E-state index in [9.17, 15) is 0 Å². The standard InChI is InChI=1S/C8H10.C5H5N.C2H6/c1-2-8-6-4-3-5-7-8;1-2-4-6-5-3-1;1-2/h3-7H,2H2,1H3;1-5H;1-2H3. The van der Waals surface area contributed by atoms with Crippen LogP contribution in [0, 0.1) is 0 Å². The molecule has 0 atom stereocenters. The lowest BCUT2D eigenvalue weighted by atomic mass is 10.2. The van der Waals surface area contributed by atoms with Crippen LogP contribution in [0.25, 0.3) is 0 Å². The maximum absolute atomic E-state index is 3.78. The first-order valence-corrected chi connectivity index (χ1v) is 5.82. The number of aromatic nitrogens is 1. The van der Waals surface area contributed by atoms with Crippen LogP contribution >= 0.6 is 0 Å². The molecule has 0 N–H and O–H groups in total. The molecule has 1 nitrogen and oxygen atoms in total. The average Bonchev–Trinajstić information content (AvgIpc) is 2.44. The van der Waals surface area contributed by atoms with Gasteiger partial charge < -0.3 is 0 Å². The fraction of sp³-hybridized carbons (Fsp3) is 0.267. The zero-order valence-electron chi connectivity index (χ0n) is 10.4. The Kier molecular flexibility index (Phi) is 10.3. The molecule has 1 heterocycles. The largest absolute Gasteiger partial charge is 0.265 e. The van der Waals surface area contributed by atoms with Crippen molar-refractivity contribution in [2.45, 2.75) is 27.2 Å². The van der Waals surface area contributed by atoms with Crippen LogP contribution in [0.2, 0.25) is 0 Å². The average molecular weight is 215 g/mol. The lowest BCUT2D eigenvalue weighted by molar-refractivity contribution is 1.14. The highest BCUT2D eigenvalue weighted by molar-refractivity contribution is 5.13. The highest BCUT2D eigenvalue weighted by Crippen LogP contribution is 1.96. The van der Waals surface area contributed by atoms with Crippen molar-refractivity contribution < 1.29 is 0 Å². The van der Waals surface area contributed by atoms with Crippen LogP contribution in [-0.2, 0) is 6.42 Å². The number of benzene rings is 1. The molecular formula is C15H21N. The van der Waals surface area contributed by atoms with Gasteiger partial charge in [0.25, 0.3) is 0 Å². The lowest BCUT2D eigenvalue weighted by Gasteiger charge is -1.89. The quantitative estimate of drug-likeness (QED) is 0.689. The number of pyridine rings is 1. The summed E-state index contributed by atoms with van der Waals surface area (Å²) in [4.78, 5) is 3.78. The third-order valence-corrected chi connectivity index (χ3v) is 1.82. The van der Waals surface area contributed by atoms with Gasteiger partial charge in [-0.1, -0.05) is 57.2 Å². The van der Waals surface area contributed by atoms with Crippen LogP contribution in [0.4, 0.5) is 0 Å². The van der Waals surface area contributed by atoms with Crippen molar-refractivity contribution in [3.8, 4) is 0 Å². The zero-order valence-corrected chi connectivity index (χ0v) is 10.4. The normalized spacial score (nSPS) is 7.94. The van der Waals surface area contributed by atoms with Crippen molar-refractivity contribution >= 4 is 0 Å². The summed E-state index contributed by atoms with van der Waals surface area (Å²) in [5.41, 5.74) is 1.41. The first-order chi connectivity index (χ1) is 7.93. The number of rotatable bonds is 1. The van der Waals surface area contributed by atoms with E-state index in [2.05, 4.69) is 36.2 Å². The summed E-state index contributed by atoms with van der Waals surface area (Å²) in [6.07, 6.45) is 4.64. The Hall–Kier alpha value is -1.63. The van der Waals surface area contributed by atoms with Crippen LogP contribution < -0.4 is 0 Å². The van der Waals surface area contributed by atoms with E-state index >= 15 is 0 Å². The van der Waals surface area contributed by atoms with Crippen LogP contribution in [-0.4, -0.2) is 4.98 Å². The summed E-state index contributed by atoms with van der Waals surface area (Å²) < 4.78 is 0. The summed E-state index contributed by atoms with van der Waals surface area (Å²) in [5.74, 6) is 0. The lowest BCUT2D eigenvalue weighted by Crippen LogP contribution is -1.73. The molecule has 1 heteroatoms. The number of hydrogen-bond acceptors (Lipinski definition) is 1. The van der Waals surface area contributed by atoms with E-state index in [1.807, 2.05) is 38.1 Å². The minimum Gasteiger partial charge on any atom is -0.265 e. The predicted molar refractivity (Wildman–Crippen MR) is 71.4 cm³/mol. The molecule has 0 saturated heterocycles. The monoisotopic (exact) mass is 215 g/mol. The Balaban J connectivity index is 0.000000251. The van der Waals surface area contributed by atoms with Crippen molar-refractivity contribution in [3.05, 3.63) is 66.5 Å². The molecule has 2 aromatic rings. The Labute approximate surface area is 99.2 Å². The molecule has 2 rings (SSSR count). The summed E-state index contributed by atoms with van der Waals surface area (Å²) in [5, 5.41) is 0. The van der Waals surface area contributed by atoms with E-state index in [4.69, 9.17) is 0 Å². The fourth-order valence-corrected chi connectivity index (χ4v) is 1.03. The highest BCUT2D eigenvalue weighted by atomic mass is 14.6. The van der Waals surface area contributed by atoms with Crippen molar-refractivity contribution in [1.82, 2.24) is 4.98 Å². The third-order valence-electron chi connectivity index (χ3n) is 1.82. The van der Waals surface area contributed by atoms with E-state index in [0.29, 0.717) is 0 Å². The second-order valence-corrected chi connectivity index (χ2v) is 2.86. The zero-order chi connectivity index (χ0) is 12.1. The van der Waals surface area contributed by atoms with Crippen LogP contribution in [0.5, 0.6) is 0 Å². The number of aryl methyl sites for hydroxylation is 1. The van der Waals surface area contributed by atoms with E-state index in [0.717, 1.165) is 6.42 Å². The van der Waals surface area contributed by atoms with Gasteiger partial charge in [-0.05, 0) is 24.1 Å². The minimum atomic E-state index is 1.14. The molecule has 0 aliphatic rings. The van der Waals surface area contributed by atoms with Gasteiger partial charge in [-0.2, -0.15) is 0 Å². The molecule has 0 radical (unpaired) electrons. The molecule has 0 fully saturated rings. The van der Waals surface area contributed by atoms with Gasteiger partial charge in [0.1, 0.15) is 0 Å². The molecule has 1 aromatic heterocycles. The second kappa shape index (κ2) is 11.4. The van der Waals surface area contributed by atoms with E-state index in [-0.39, 0.29) is 0 Å². The van der Waals surface area contributed by atoms with Gasteiger partial charge >= 0.3 is 0 Å². The highest BCUT2D eigenvalue weighted by Gasteiger charge is 1.79. The molecule has 0 amide bonds. The molecule has 0 aliphatic carbocycles. The summed E-state index contributed by atoms with van der Waals surface area (Å²) in [6.45, 7) is 6.16. The summed E-state index contributed by atoms with van der Waals surface area (Å²) in [7, 11) is 0.